The second kappa shape index (κ2) is 6.21. The van der Waals surface area contributed by atoms with Crippen molar-refractivity contribution < 1.29 is 4.79 Å². The molecule has 1 heteroatoms. The van der Waals surface area contributed by atoms with E-state index in [1.807, 2.05) is 0 Å². The molecule has 2 rings (SSSR count). The molecule has 18 heavy (non-hydrogen) atoms. The van der Waals surface area contributed by atoms with Crippen LogP contribution in [-0.2, 0) is 4.79 Å². The highest BCUT2D eigenvalue weighted by Crippen LogP contribution is 2.48. The minimum atomic E-state index is 0.372. The van der Waals surface area contributed by atoms with Gasteiger partial charge in [0.1, 0.15) is 5.78 Å². The van der Waals surface area contributed by atoms with E-state index in [0.717, 1.165) is 18.3 Å². The van der Waals surface area contributed by atoms with Gasteiger partial charge in [-0.2, -0.15) is 0 Å². The van der Waals surface area contributed by atoms with Gasteiger partial charge in [0.25, 0.3) is 0 Å². The molecule has 2 aliphatic carbocycles. The Morgan fingerprint density at radius 1 is 1.00 bits per heavy atom. The molecule has 2 aliphatic rings. The second-order valence-corrected chi connectivity index (χ2v) is 6.97. The van der Waals surface area contributed by atoms with Gasteiger partial charge in [0.05, 0.1) is 0 Å². The van der Waals surface area contributed by atoms with E-state index in [0.29, 0.717) is 11.2 Å². The first kappa shape index (κ1) is 14.1. The summed E-state index contributed by atoms with van der Waals surface area (Å²) < 4.78 is 0. The third kappa shape index (κ3) is 3.36. The van der Waals surface area contributed by atoms with Crippen molar-refractivity contribution in [2.75, 3.05) is 0 Å². The maximum atomic E-state index is 11.5. The van der Waals surface area contributed by atoms with Gasteiger partial charge in [0.2, 0.25) is 0 Å². The number of carbonyl (C=O) groups is 1. The Morgan fingerprint density at radius 3 is 2.06 bits per heavy atom. The predicted molar refractivity (Wildman–Crippen MR) is 76.6 cm³/mol. The lowest BCUT2D eigenvalue weighted by Crippen LogP contribution is -2.32. The summed E-state index contributed by atoms with van der Waals surface area (Å²) in [5.74, 6) is 2.40. The maximum Gasteiger partial charge on any atom is 0.130 e. The van der Waals surface area contributed by atoms with Crippen molar-refractivity contribution >= 4 is 5.78 Å². The summed E-state index contributed by atoms with van der Waals surface area (Å²) in [6, 6.07) is 0. The minimum absolute atomic E-state index is 0.372. The Hall–Kier alpha value is -0.330. The predicted octanol–water partition coefficient (Wildman–Crippen LogP) is 5.13. The fourth-order valence-electron chi connectivity index (χ4n) is 4.51. The first-order chi connectivity index (χ1) is 8.65. The molecule has 0 N–H and O–H groups in total. The average molecular weight is 250 g/mol. The Morgan fingerprint density at radius 2 is 1.56 bits per heavy atom. The van der Waals surface area contributed by atoms with Crippen LogP contribution in [0.1, 0.15) is 84.5 Å². The summed E-state index contributed by atoms with van der Waals surface area (Å²) in [5.41, 5.74) is 0.372. The molecule has 2 fully saturated rings. The molecule has 0 radical (unpaired) electrons. The minimum Gasteiger partial charge on any atom is -0.300 e. The Kier molecular flexibility index (Phi) is 4.86. The summed E-state index contributed by atoms with van der Waals surface area (Å²) in [6.07, 6.45) is 14.8. The summed E-state index contributed by atoms with van der Waals surface area (Å²) >= 11 is 0. The largest absolute Gasteiger partial charge is 0.300 e. The van der Waals surface area contributed by atoms with E-state index in [1.165, 1.54) is 64.2 Å². The summed E-state index contributed by atoms with van der Waals surface area (Å²) in [7, 11) is 0. The Labute approximate surface area is 113 Å². The van der Waals surface area contributed by atoms with Gasteiger partial charge in [0.15, 0.2) is 0 Å². The molecule has 0 spiro atoms. The summed E-state index contributed by atoms with van der Waals surface area (Å²) in [4.78, 5) is 11.5. The van der Waals surface area contributed by atoms with Crippen molar-refractivity contribution in [1.82, 2.24) is 0 Å². The summed E-state index contributed by atoms with van der Waals surface area (Å²) in [5, 5.41) is 0. The van der Waals surface area contributed by atoms with E-state index >= 15 is 0 Å². The van der Waals surface area contributed by atoms with E-state index in [1.54, 1.807) is 6.92 Å². The highest BCUT2D eigenvalue weighted by molar-refractivity contribution is 5.76. The fraction of sp³-hybridized carbons (Fsp3) is 0.941. The number of hydrogen-bond donors (Lipinski definition) is 0. The Bertz CT molecular complexity index is 267. The van der Waals surface area contributed by atoms with Gasteiger partial charge in [-0.05, 0) is 49.9 Å². The first-order valence-corrected chi connectivity index (χ1v) is 8.15. The molecule has 0 heterocycles. The van der Waals surface area contributed by atoms with Crippen molar-refractivity contribution in [1.29, 1.82) is 0 Å². The van der Waals surface area contributed by atoms with Crippen LogP contribution in [0, 0.1) is 17.3 Å². The van der Waals surface area contributed by atoms with Gasteiger partial charge in [-0.1, -0.05) is 45.4 Å². The van der Waals surface area contributed by atoms with E-state index in [4.69, 9.17) is 0 Å². The van der Waals surface area contributed by atoms with Gasteiger partial charge in [0, 0.05) is 6.42 Å². The van der Waals surface area contributed by atoms with E-state index < -0.39 is 0 Å². The van der Waals surface area contributed by atoms with Crippen molar-refractivity contribution in [2.45, 2.75) is 84.5 Å². The highest BCUT2D eigenvalue weighted by Gasteiger charge is 2.37. The van der Waals surface area contributed by atoms with Crippen LogP contribution < -0.4 is 0 Å². The van der Waals surface area contributed by atoms with Crippen molar-refractivity contribution in [3.05, 3.63) is 0 Å². The maximum absolute atomic E-state index is 11.5. The monoisotopic (exact) mass is 250 g/mol. The second-order valence-electron chi connectivity index (χ2n) is 6.97. The van der Waals surface area contributed by atoms with Crippen LogP contribution in [0.4, 0.5) is 0 Å². The van der Waals surface area contributed by atoms with Crippen molar-refractivity contribution in [3.8, 4) is 0 Å². The third-order valence-corrected chi connectivity index (χ3v) is 5.78. The number of ketones is 1. The fourth-order valence-corrected chi connectivity index (χ4v) is 4.51. The molecule has 1 nitrogen and oxygen atoms in total. The summed E-state index contributed by atoms with van der Waals surface area (Å²) in [6.45, 7) is 4.05. The van der Waals surface area contributed by atoms with Crippen LogP contribution in [-0.4, -0.2) is 5.78 Å². The molecule has 0 aliphatic heterocycles. The average Bonchev–Trinajstić information content (AvgIpc) is 2.40. The van der Waals surface area contributed by atoms with E-state index in [9.17, 15) is 4.79 Å². The molecule has 104 valence electrons. The number of rotatable bonds is 4. The van der Waals surface area contributed by atoms with Crippen LogP contribution in [0.5, 0.6) is 0 Å². The Balaban J connectivity index is 1.87. The molecular formula is C17H30O. The molecule has 0 aromatic rings. The lowest BCUT2D eigenvalue weighted by Gasteiger charge is -2.42. The quantitative estimate of drug-likeness (QED) is 0.675. The van der Waals surface area contributed by atoms with Crippen molar-refractivity contribution in [3.63, 3.8) is 0 Å². The molecule has 2 saturated carbocycles. The van der Waals surface area contributed by atoms with Crippen LogP contribution in [0.2, 0.25) is 0 Å². The standard InChI is InChI=1S/C17H30O/c1-3-17(13-14(2)18)11-9-16(10-12-17)15-7-5-4-6-8-15/h15-16H,3-13H2,1-2H3. The SMILES string of the molecule is CCC1(CC(C)=O)CCC(C2CCCCC2)CC1. The zero-order valence-corrected chi connectivity index (χ0v) is 12.3. The van der Waals surface area contributed by atoms with E-state index in [-0.39, 0.29) is 0 Å². The molecule has 0 aromatic carbocycles. The highest BCUT2D eigenvalue weighted by atomic mass is 16.1. The zero-order valence-electron chi connectivity index (χ0n) is 12.3. The van der Waals surface area contributed by atoms with E-state index in [2.05, 4.69) is 6.92 Å². The zero-order chi connectivity index (χ0) is 13.0. The number of hydrogen-bond acceptors (Lipinski definition) is 1. The first-order valence-electron chi connectivity index (χ1n) is 8.15. The normalized spacial score (nSPS) is 34.4. The lowest BCUT2D eigenvalue weighted by atomic mass is 9.63. The molecule has 0 atom stereocenters. The van der Waals surface area contributed by atoms with Crippen molar-refractivity contribution in [2.24, 2.45) is 17.3 Å². The topological polar surface area (TPSA) is 17.1 Å². The van der Waals surface area contributed by atoms with Crippen LogP contribution >= 0.6 is 0 Å². The molecule has 0 unspecified atom stereocenters. The smallest absolute Gasteiger partial charge is 0.130 e. The number of carbonyl (C=O) groups excluding carboxylic acids is 1. The molecule has 0 bridgehead atoms. The van der Waals surface area contributed by atoms with Gasteiger partial charge in [-0.3, -0.25) is 0 Å². The van der Waals surface area contributed by atoms with Gasteiger partial charge >= 0.3 is 0 Å². The molecular weight excluding hydrogens is 220 g/mol. The van der Waals surface area contributed by atoms with Crippen LogP contribution in [0.15, 0.2) is 0 Å². The van der Waals surface area contributed by atoms with Gasteiger partial charge in [-0.25, -0.2) is 0 Å². The molecule has 0 aromatic heterocycles. The molecule has 0 saturated heterocycles. The lowest BCUT2D eigenvalue weighted by molar-refractivity contribution is -0.120. The van der Waals surface area contributed by atoms with Crippen LogP contribution in [0.3, 0.4) is 0 Å². The number of Topliss-reactive ketones (excluding diaryl/α,β-unsaturated/α-hetero) is 1. The van der Waals surface area contributed by atoms with Crippen LogP contribution in [0.25, 0.3) is 0 Å². The van der Waals surface area contributed by atoms with Gasteiger partial charge < -0.3 is 4.79 Å². The third-order valence-electron chi connectivity index (χ3n) is 5.78. The molecule has 0 amide bonds. The van der Waals surface area contributed by atoms with Gasteiger partial charge in [-0.15, -0.1) is 0 Å².